The molecular formula is C16H22BrCl2N. The van der Waals surface area contributed by atoms with E-state index in [1.165, 1.54) is 25.7 Å². The van der Waals surface area contributed by atoms with Crippen molar-refractivity contribution in [1.82, 2.24) is 0 Å². The lowest BCUT2D eigenvalue weighted by molar-refractivity contribution is 0.163. The SMILES string of the molecule is CC(C)(C)C1CCCCC1Nc1c(Cl)cc(Br)cc1Cl. The van der Waals surface area contributed by atoms with Crippen LogP contribution in [0.3, 0.4) is 0 Å². The zero-order valence-electron chi connectivity index (χ0n) is 12.3. The number of hydrogen-bond donors (Lipinski definition) is 1. The van der Waals surface area contributed by atoms with E-state index in [9.17, 15) is 0 Å². The lowest BCUT2D eigenvalue weighted by atomic mass is 9.69. The summed E-state index contributed by atoms with van der Waals surface area (Å²) in [7, 11) is 0. The largest absolute Gasteiger partial charge is 0.380 e. The van der Waals surface area contributed by atoms with Gasteiger partial charge in [0.25, 0.3) is 0 Å². The Kier molecular flexibility index (Phi) is 5.31. The predicted molar refractivity (Wildman–Crippen MR) is 93.0 cm³/mol. The summed E-state index contributed by atoms with van der Waals surface area (Å²) in [6.07, 6.45) is 5.05. The molecule has 1 aliphatic rings. The maximum Gasteiger partial charge on any atom is 0.0722 e. The van der Waals surface area contributed by atoms with Crippen molar-refractivity contribution in [2.45, 2.75) is 52.5 Å². The highest BCUT2D eigenvalue weighted by atomic mass is 79.9. The highest BCUT2D eigenvalue weighted by Crippen LogP contribution is 2.42. The van der Waals surface area contributed by atoms with Crippen LogP contribution in [0.15, 0.2) is 16.6 Å². The van der Waals surface area contributed by atoms with Crippen LogP contribution in [-0.4, -0.2) is 6.04 Å². The highest BCUT2D eigenvalue weighted by molar-refractivity contribution is 9.10. The highest BCUT2D eigenvalue weighted by Gasteiger charge is 2.34. The second kappa shape index (κ2) is 6.46. The van der Waals surface area contributed by atoms with Gasteiger partial charge in [-0.15, -0.1) is 0 Å². The fourth-order valence-corrected chi connectivity index (χ4v) is 4.52. The van der Waals surface area contributed by atoms with E-state index in [0.717, 1.165) is 10.2 Å². The van der Waals surface area contributed by atoms with Crippen LogP contribution in [0.5, 0.6) is 0 Å². The molecule has 2 rings (SSSR count). The molecule has 0 spiro atoms. The van der Waals surface area contributed by atoms with E-state index in [4.69, 9.17) is 23.2 Å². The standard InChI is InChI=1S/C16H22BrCl2N/c1-16(2,3)11-6-4-5-7-14(11)20-15-12(18)8-10(17)9-13(15)19/h8-9,11,14,20H,4-7H2,1-3H3. The van der Waals surface area contributed by atoms with Gasteiger partial charge in [-0.1, -0.05) is 72.7 Å². The lowest BCUT2D eigenvalue weighted by Gasteiger charge is -2.41. The van der Waals surface area contributed by atoms with Gasteiger partial charge in [0.05, 0.1) is 15.7 Å². The second-order valence-electron chi connectivity index (χ2n) is 6.75. The summed E-state index contributed by atoms with van der Waals surface area (Å²) in [5.74, 6) is 0.645. The molecule has 1 fully saturated rings. The molecule has 4 heteroatoms. The maximum atomic E-state index is 6.34. The molecule has 0 aromatic heterocycles. The molecule has 1 aromatic carbocycles. The normalized spacial score (nSPS) is 23.7. The van der Waals surface area contributed by atoms with E-state index >= 15 is 0 Å². The van der Waals surface area contributed by atoms with Gasteiger partial charge in [0.1, 0.15) is 0 Å². The Bertz CT molecular complexity index is 459. The van der Waals surface area contributed by atoms with Crippen LogP contribution in [-0.2, 0) is 0 Å². The van der Waals surface area contributed by atoms with Crippen LogP contribution in [0.25, 0.3) is 0 Å². The Hall–Kier alpha value is 0.0800. The molecule has 1 aliphatic carbocycles. The first-order valence-corrected chi connectivity index (χ1v) is 8.75. The van der Waals surface area contributed by atoms with Crippen LogP contribution < -0.4 is 5.32 Å². The van der Waals surface area contributed by atoms with Crippen LogP contribution in [0.2, 0.25) is 10.0 Å². The molecular weight excluding hydrogens is 357 g/mol. The summed E-state index contributed by atoms with van der Waals surface area (Å²) in [4.78, 5) is 0. The molecule has 1 saturated carbocycles. The van der Waals surface area contributed by atoms with Crippen molar-refractivity contribution >= 4 is 44.8 Å². The molecule has 1 nitrogen and oxygen atoms in total. The molecule has 2 atom stereocenters. The van der Waals surface area contributed by atoms with Crippen molar-refractivity contribution in [2.75, 3.05) is 5.32 Å². The van der Waals surface area contributed by atoms with Gasteiger partial charge in [-0.3, -0.25) is 0 Å². The number of hydrogen-bond acceptors (Lipinski definition) is 1. The van der Waals surface area contributed by atoms with E-state index in [1.807, 2.05) is 12.1 Å². The minimum atomic E-state index is 0.298. The van der Waals surface area contributed by atoms with E-state index < -0.39 is 0 Å². The van der Waals surface area contributed by atoms with Crippen molar-refractivity contribution < 1.29 is 0 Å². The molecule has 0 amide bonds. The molecule has 0 heterocycles. The topological polar surface area (TPSA) is 12.0 Å². The average molecular weight is 379 g/mol. The molecule has 0 aliphatic heterocycles. The number of anilines is 1. The maximum absolute atomic E-state index is 6.34. The average Bonchev–Trinajstić information content (AvgIpc) is 2.33. The monoisotopic (exact) mass is 377 g/mol. The summed E-state index contributed by atoms with van der Waals surface area (Å²) in [5.41, 5.74) is 1.17. The number of halogens is 3. The summed E-state index contributed by atoms with van der Waals surface area (Å²) in [6, 6.07) is 4.23. The van der Waals surface area contributed by atoms with Gasteiger partial charge >= 0.3 is 0 Å². The van der Waals surface area contributed by atoms with Gasteiger partial charge in [-0.25, -0.2) is 0 Å². The Morgan fingerprint density at radius 3 is 2.20 bits per heavy atom. The predicted octanol–water partition coefficient (Wildman–Crippen LogP) is 6.77. The van der Waals surface area contributed by atoms with Gasteiger partial charge < -0.3 is 5.32 Å². The van der Waals surface area contributed by atoms with Crippen molar-refractivity contribution in [3.8, 4) is 0 Å². The smallest absolute Gasteiger partial charge is 0.0722 e. The van der Waals surface area contributed by atoms with Gasteiger partial charge in [-0.05, 0) is 36.3 Å². The third-order valence-electron chi connectivity index (χ3n) is 4.21. The molecule has 1 N–H and O–H groups in total. The van der Waals surface area contributed by atoms with E-state index in [-0.39, 0.29) is 0 Å². The Labute approximate surface area is 140 Å². The Morgan fingerprint density at radius 1 is 1.10 bits per heavy atom. The zero-order chi connectivity index (χ0) is 14.9. The lowest BCUT2D eigenvalue weighted by Crippen LogP contribution is -2.39. The summed E-state index contributed by atoms with van der Waals surface area (Å²) < 4.78 is 0.911. The third kappa shape index (κ3) is 3.84. The van der Waals surface area contributed by atoms with Crippen molar-refractivity contribution in [2.24, 2.45) is 11.3 Å². The van der Waals surface area contributed by atoms with Crippen LogP contribution in [0.1, 0.15) is 46.5 Å². The van der Waals surface area contributed by atoms with Gasteiger partial charge in [-0.2, -0.15) is 0 Å². The van der Waals surface area contributed by atoms with E-state index in [2.05, 4.69) is 42.0 Å². The number of nitrogens with one attached hydrogen (secondary N) is 1. The number of rotatable bonds is 2. The molecule has 0 bridgehead atoms. The molecule has 1 aromatic rings. The first-order valence-electron chi connectivity index (χ1n) is 7.20. The molecule has 0 radical (unpaired) electrons. The van der Waals surface area contributed by atoms with Crippen molar-refractivity contribution in [1.29, 1.82) is 0 Å². The Morgan fingerprint density at radius 2 is 1.65 bits per heavy atom. The van der Waals surface area contributed by atoms with E-state index in [1.54, 1.807) is 0 Å². The molecule has 2 unspecified atom stereocenters. The summed E-state index contributed by atoms with van der Waals surface area (Å²) in [5, 5.41) is 4.98. The minimum absolute atomic E-state index is 0.298. The van der Waals surface area contributed by atoms with Gasteiger partial charge in [0, 0.05) is 10.5 Å². The summed E-state index contributed by atoms with van der Waals surface area (Å²) in [6.45, 7) is 6.97. The van der Waals surface area contributed by atoms with Gasteiger partial charge in [0.2, 0.25) is 0 Å². The molecule has 112 valence electrons. The van der Waals surface area contributed by atoms with Gasteiger partial charge in [0.15, 0.2) is 0 Å². The quantitative estimate of drug-likeness (QED) is 0.598. The first-order chi connectivity index (χ1) is 9.29. The van der Waals surface area contributed by atoms with Crippen molar-refractivity contribution in [3.63, 3.8) is 0 Å². The number of benzene rings is 1. The minimum Gasteiger partial charge on any atom is -0.380 e. The zero-order valence-corrected chi connectivity index (χ0v) is 15.4. The second-order valence-corrected chi connectivity index (χ2v) is 8.48. The fourth-order valence-electron chi connectivity index (χ4n) is 3.21. The molecule has 20 heavy (non-hydrogen) atoms. The first kappa shape index (κ1) is 16.5. The van der Waals surface area contributed by atoms with Crippen LogP contribution >= 0.6 is 39.1 Å². The third-order valence-corrected chi connectivity index (χ3v) is 5.27. The van der Waals surface area contributed by atoms with Crippen LogP contribution in [0, 0.1) is 11.3 Å². The van der Waals surface area contributed by atoms with Crippen molar-refractivity contribution in [3.05, 3.63) is 26.7 Å². The Balaban J connectivity index is 2.23. The van der Waals surface area contributed by atoms with Crippen LogP contribution in [0.4, 0.5) is 5.69 Å². The summed E-state index contributed by atoms with van der Waals surface area (Å²) >= 11 is 16.1. The molecule has 0 saturated heterocycles. The fraction of sp³-hybridized carbons (Fsp3) is 0.625. The van der Waals surface area contributed by atoms with E-state index in [0.29, 0.717) is 27.4 Å².